The van der Waals surface area contributed by atoms with Crippen molar-refractivity contribution in [2.75, 3.05) is 37.3 Å². The molecule has 1 amide bonds. The number of carbonyl (C=O) groups is 1. The molecule has 2 N–H and O–H groups in total. The molecule has 1 saturated heterocycles. The minimum atomic E-state index is -4.56. The Morgan fingerprint density at radius 1 is 1.06 bits per heavy atom. The van der Waals surface area contributed by atoms with Gasteiger partial charge in [-0.05, 0) is 88.2 Å². The Hall–Kier alpha value is -5.12. The maximum Gasteiger partial charge on any atom is 0.416 e. The van der Waals surface area contributed by atoms with Crippen LogP contribution in [-0.2, 0) is 12.7 Å². The minimum Gasteiger partial charge on any atom is -0.350 e. The number of pyridine rings is 1. The lowest BCUT2D eigenvalue weighted by Gasteiger charge is -2.38. The smallest absolute Gasteiger partial charge is 0.350 e. The monoisotopic (exact) mass is 668 g/mol. The van der Waals surface area contributed by atoms with Crippen molar-refractivity contribution in [3.63, 3.8) is 0 Å². The van der Waals surface area contributed by atoms with Crippen LogP contribution < -0.4 is 10.6 Å². The van der Waals surface area contributed by atoms with Crippen LogP contribution in [-0.4, -0.2) is 67.6 Å². The van der Waals surface area contributed by atoms with Crippen molar-refractivity contribution < 1.29 is 18.0 Å². The van der Waals surface area contributed by atoms with Crippen LogP contribution >= 0.6 is 0 Å². The number of aromatic nitrogens is 4. The second-order valence-electron chi connectivity index (χ2n) is 12.9. The second-order valence-corrected chi connectivity index (χ2v) is 12.9. The van der Waals surface area contributed by atoms with E-state index in [9.17, 15) is 18.0 Å². The summed E-state index contributed by atoms with van der Waals surface area (Å²) < 4.78 is 46.2. The molecule has 0 spiro atoms. The molecule has 9 nitrogen and oxygen atoms in total. The maximum atomic E-state index is 14.2. The number of carbonyl (C=O) groups excluding carboxylic acids is 1. The van der Waals surface area contributed by atoms with Gasteiger partial charge in [-0.3, -0.25) is 18.8 Å². The molecule has 254 valence electrons. The molecule has 1 atom stereocenters. The summed E-state index contributed by atoms with van der Waals surface area (Å²) in [4.78, 5) is 22.1. The van der Waals surface area contributed by atoms with Crippen molar-refractivity contribution in [1.29, 1.82) is 0 Å². The van der Waals surface area contributed by atoms with Gasteiger partial charge in [-0.2, -0.15) is 18.3 Å². The number of amides is 1. The molecular weight excluding hydrogens is 629 g/mol. The van der Waals surface area contributed by atoms with Gasteiger partial charge >= 0.3 is 6.18 Å². The van der Waals surface area contributed by atoms with Crippen LogP contribution in [0, 0.1) is 18.8 Å². The van der Waals surface area contributed by atoms with Gasteiger partial charge in [0.1, 0.15) is 5.69 Å². The van der Waals surface area contributed by atoms with Crippen molar-refractivity contribution >= 4 is 28.6 Å². The first-order valence-electron chi connectivity index (χ1n) is 16.2. The average Bonchev–Trinajstić information content (AvgIpc) is 3.70. The highest BCUT2D eigenvalue weighted by molar-refractivity contribution is 6.04. The zero-order chi connectivity index (χ0) is 34.9. The topological polar surface area (TPSA) is 82.7 Å². The molecular formula is C37H39F3N8O. The third-order valence-electron chi connectivity index (χ3n) is 8.88. The predicted octanol–water partition coefficient (Wildman–Crippen LogP) is 6.97. The van der Waals surface area contributed by atoms with Crippen LogP contribution in [0.15, 0.2) is 73.3 Å². The number of rotatable bonds is 7. The first kappa shape index (κ1) is 33.8. The van der Waals surface area contributed by atoms with E-state index in [4.69, 9.17) is 0 Å². The number of piperazine rings is 1. The highest BCUT2D eigenvalue weighted by Gasteiger charge is 2.34. The highest BCUT2D eigenvalue weighted by Crippen LogP contribution is 2.35. The molecule has 0 radical (unpaired) electrons. The normalized spacial score (nSPS) is 15.7. The van der Waals surface area contributed by atoms with Crippen molar-refractivity contribution in [3.8, 4) is 11.8 Å². The molecule has 5 aromatic rings. The Kier molecular flexibility index (Phi) is 9.50. The Bertz CT molecular complexity index is 2050. The van der Waals surface area contributed by atoms with Gasteiger partial charge in [0.15, 0.2) is 5.65 Å². The van der Waals surface area contributed by atoms with E-state index in [0.29, 0.717) is 30.0 Å². The van der Waals surface area contributed by atoms with Crippen LogP contribution in [0.3, 0.4) is 0 Å². The van der Waals surface area contributed by atoms with E-state index in [0.717, 1.165) is 29.5 Å². The van der Waals surface area contributed by atoms with E-state index in [1.165, 1.54) is 12.1 Å². The van der Waals surface area contributed by atoms with Gasteiger partial charge in [-0.1, -0.05) is 18.1 Å². The summed E-state index contributed by atoms with van der Waals surface area (Å²) in [5.41, 5.74) is 4.25. The lowest BCUT2D eigenvalue weighted by atomic mass is 10.0. The van der Waals surface area contributed by atoms with E-state index in [-0.39, 0.29) is 35.4 Å². The van der Waals surface area contributed by atoms with Crippen LogP contribution in [0.1, 0.15) is 65.1 Å². The molecule has 12 heteroatoms. The fourth-order valence-corrected chi connectivity index (χ4v) is 5.84. The first-order valence-corrected chi connectivity index (χ1v) is 16.2. The van der Waals surface area contributed by atoms with Gasteiger partial charge in [0, 0.05) is 67.5 Å². The minimum absolute atomic E-state index is 0.0766. The molecule has 49 heavy (non-hydrogen) atoms. The Balaban J connectivity index is 1.19. The molecule has 0 aliphatic carbocycles. The Morgan fingerprint density at radius 3 is 2.61 bits per heavy atom. The van der Waals surface area contributed by atoms with Gasteiger partial charge in [-0.15, -0.1) is 0 Å². The molecule has 0 saturated carbocycles. The van der Waals surface area contributed by atoms with Gasteiger partial charge in [0.2, 0.25) is 0 Å². The average molecular weight is 669 g/mol. The van der Waals surface area contributed by atoms with Crippen LogP contribution in [0.2, 0.25) is 0 Å². The van der Waals surface area contributed by atoms with Crippen molar-refractivity contribution in [2.24, 2.45) is 0 Å². The quantitative estimate of drug-likeness (QED) is 0.182. The number of fused-ring (bicyclic) bond motifs is 1. The largest absolute Gasteiger partial charge is 0.416 e. The SMILES string of the molecule is Cc1ccc(C(=O)Nc2ccc(CN3CCN(C)C(C)C3)c(C(F)(F)F)c2)cc1C#Cc1cnc2c(Nc3cnn(C(C)C)c3)cccn12. The molecule has 4 heterocycles. The summed E-state index contributed by atoms with van der Waals surface area (Å²) in [5.74, 6) is 5.79. The summed E-state index contributed by atoms with van der Waals surface area (Å²) in [7, 11) is 2.02. The fourth-order valence-electron chi connectivity index (χ4n) is 5.84. The zero-order valence-electron chi connectivity index (χ0n) is 28.1. The number of aryl methyl sites for hydroxylation is 1. The molecule has 6 rings (SSSR count). The number of hydrogen-bond donors (Lipinski definition) is 2. The Labute approximate surface area is 283 Å². The molecule has 1 fully saturated rings. The van der Waals surface area contributed by atoms with E-state index >= 15 is 0 Å². The standard InChI is InChI=1S/C37H39F3N8O/c1-24(2)48-23-31(19-42-48)43-34-7-6-14-47-32(20-41-35(34)47)13-11-27-17-28(9-8-25(27)3)36(49)44-30-12-10-29(33(18-30)37(38,39)40)22-46-16-15-45(5)26(4)21-46/h6-10,12,14,17-20,23-24,26,43H,15-16,21-22H2,1-5H3,(H,44,49). The molecule has 1 aliphatic heterocycles. The summed E-state index contributed by atoms with van der Waals surface area (Å²) in [6.45, 7) is 10.4. The number of imidazole rings is 1. The highest BCUT2D eigenvalue weighted by atomic mass is 19.4. The van der Waals surface area contributed by atoms with Crippen molar-refractivity contribution in [3.05, 3.63) is 107 Å². The Morgan fingerprint density at radius 2 is 1.88 bits per heavy atom. The third-order valence-corrected chi connectivity index (χ3v) is 8.88. The van der Waals surface area contributed by atoms with Crippen molar-refractivity contribution in [1.82, 2.24) is 29.0 Å². The summed E-state index contributed by atoms with van der Waals surface area (Å²) in [5, 5.41) is 10.4. The van der Waals surface area contributed by atoms with Gasteiger partial charge in [0.25, 0.3) is 5.91 Å². The third kappa shape index (κ3) is 7.63. The first-order chi connectivity index (χ1) is 23.4. The van der Waals surface area contributed by atoms with Gasteiger partial charge in [-0.25, -0.2) is 4.98 Å². The summed E-state index contributed by atoms with van der Waals surface area (Å²) in [6.07, 6.45) is 2.69. The summed E-state index contributed by atoms with van der Waals surface area (Å²) >= 11 is 0. The predicted molar refractivity (Wildman–Crippen MR) is 185 cm³/mol. The summed E-state index contributed by atoms with van der Waals surface area (Å²) in [6, 6.07) is 13.4. The number of likely N-dealkylation sites (N-methyl/N-ethyl adjacent to an activating group) is 1. The number of alkyl halides is 3. The number of nitrogens with zero attached hydrogens (tertiary/aromatic N) is 6. The number of nitrogens with one attached hydrogen (secondary N) is 2. The van der Waals surface area contributed by atoms with Crippen LogP contribution in [0.5, 0.6) is 0 Å². The van der Waals surface area contributed by atoms with Crippen LogP contribution in [0.25, 0.3) is 5.65 Å². The van der Waals surface area contributed by atoms with E-state index in [1.54, 1.807) is 30.6 Å². The number of hydrogen-bond acceptors (Lipinski definition) is 6. The van der Waals surface area contributed by atoms with Gasteiger partial charge < -0.3 is 15.5 Å². The van der Waals surface area contributed by atoms with E-state index in [1.807, 2.05) is 52.5 Å². The number of benzene rings is 2. The van der Waals surface area contributed by atoms with Gasteiger partial charge in [0.05, 0.1) is 29.3 Å². The van der Waals surface area contributed by atoms with E-state index in [2.05, 4.69) is 58.2 Å². The number of halogens is 3. The fraction of sp³-hybridized carbons (Fsp3) is 0.324. The lowest BCUT2D eigenvalue weighted by molar-refractivity contribution is -0.138. The van der Waals surface area contributed by atoms with E-state index < -0.39 is 17.6 Å². The zero-order valence-corrected chi connectivity index (χ0v) is 28.1. The molecule has 1 unspecified atom stereocenters. The molecule has 2 aromatic carbocycles. The molecule has 0 bridgehead atoms. The second kappa shape index (κ2) is 13.8. The van der Waals surface area contributed by atoms with Crippen LogP contribution in [0.4, 0.5) is 30.2 Å². The van der Waals surface area contributed by atoms with Crippen molar-refractivity contribution in [2.45, 2.75) is 52.5 Å². The number of anilines is 3. The lowest BCUT2D eigenvalue weighted by Crippen LogP contribution is -2.49. The molecule has 3 aromatic heterocycles. The molecule has 1 aliphatic rings. The maximum absolute atomic E-state index is 14.2.